The summed E-state index contributed by atoms with van der Waals surface area (Å²) in [6.07, 6.45) is 2.47. The van der Waals surface area contributed by atoms with Crippen LogP contribution in [0.3, 0.4) is 0 Å². The van der Waals surface area contributed by atoms with E-state index in [4.69, 9.17) is 16.3 Å². The Balaban J connectivity index is 1.88. The topological polar surface area (TPSA) is 63.2 Å². The minimum atomic E-state index is -0.220. The maximum absolute atomic E-state index is 12.1. The number of rotatable bonds is 6. The highest BCUT2D eigenvalue weighted by atomic mass is 35.5. The summed E-state index contributed by atoms with van der Waals surface area (Å²) in [6, 6.07) is 10.8. The number of methoxy groups -OCH3 is 1. The second kappa shape index (κ2) is 8.39. The van der Waals surface area contributed by atoms with Gasteiger partial charge in [-0.15, -0.1) is 0 Å². The first-order chi connectivity index (χ1) is 11.1. The Morgan fingerprint density at radius 1 is 1.26 bits per heavy atom. The lowest BCUT2D eigenvalue weighted by molar-refractivity contribution is 0.236. The molecule has 1 aromatic heterocycles. The Bertz CT molecular complexity index is 629. The molecule has 0 bridgehead atoms. The molecule has 1 heterocycles. The number of benzene rings is 1. The highest BCUT2D eigenvalue weighted by Gasteiger charge is 2.12. The average molecular weight is 334 g/mol. The predicted molar refractivity (Wildman–Crippen MR) is 90.6 cm³/mol. The van der Waals surface area contributed by atoms with Gasteiger partial charge in [-0.2, -0.15) is 0 Å². The summed E-state index contributed by atoms with van der Waals surface area (Å²) >= 11 is 5.89. The third kappa shape index (κ3) is 5.14. The lowest BCUT2D eigenvalue weighted by Gasteiger charge is -2.18. The molecule has 23 heavy (non-hydrogen) atoms. The Morgan fingerprint density at radius 3 is 2.57 bits per heavy atom. The van der Waals surface area contributed by atoms with Crippen molar-refractivity contribution in [2.75, 3.05) is 7.11 Å². The predicted octanol–water partition coefficient (Wildman–Crippen LogP) is 3.69. The van der Waals surface area contributed by atoms with Crippen LogP contribution in [-0.2, 0) is 6.54 Å². The van der Waals surface area contributed by atoms with Crippen LogP contribution in [0, 0.1) is 0 Å². The first kappa shape index (κ1) is 17.1. The number of hydrogen-bond acceptors (Lipinski definition) is 3. The second-order valence-corrected chi connectivity index (χ2v) is 5.48. The van der Waals surface area contributed by atoms with E-state index in [0.29, 0.717) is 17.4 Å². The number of urea groups is 1. The number of nitrogens with one attached hydrogen (secondary N) is 2. The largest absolute Gasteiger partial charge is 0.481 e. The molecule has 2 amide bonds. The summed E-state index contributed by atoms with van der Waals surface area (Å²) in [5, 5.41) is 6.46. The number of carbonyl (C=O) groups is 1. The van der Waals surface area contributed by atoms with Gasteiger partial charge in [0.15, 0.2) is 0 Å². The standard InChI is InChI=1S/C17H20ClN3O2/c1-3-15(13-5-7-14(18)8-6-13)21-17(22)20-11-12-4-9-16(23-2)19-10-12/h4-10,15H,3,11H2,1-2H3,(H2,20,21,22). The molecule has 0 saturated heterocycles. The lowest BCUT2D eigenvalue weighted by atomic mass is 10.1. The van der Waals surface area contributed by atoms with Crippen molar-refractivity contribution in [3.05, 3.63) is 58.7 Å². The van der Waals surface area contributed by atoms with Gasteiger partial charge in [0, 0.05) is 23.8 Å². The molecule has 5 nitrogen and oxygen atoms in total. The Labute approximate surface area is 141 Å². The molecular formula is C17H20ClN3O2. The quantitative estimate of drug-likeness (QED) is 0.847. The van der Waals surface area contributed by atoms with Crippen molar-refractivity contribution in [1.82, 2.24) is 15.6 Å². The molecule has 0 aliphatic heterocycles. The van der Waals surface area contributed by atoms with Gasteiger partial charge in [0.1, 0.15) is 0 Å². The van der Waals surface area contributed by atoms with Crippen molar-refractivity contribution < 1.29 is 9.53 Å². The van der Waals surface area contributed by atoms with Gasteiger partial charge in [0.25, 0.3) is 0 Å². The SMILES string of the molecule is CCC(NC(=O)NCc1ccc(OC)nc1)c1ccc(Cl)cc1. The first-order valence-corrected chi connectivity index (χ1v) is 7.79. The molecular weight excluding hydrogens is 314 g/mol. The van der Waals surface area contributed by atoms with Crippen LogP contribution in [0.5, 0.6) is 5.88 Å². The van der Waals surface area contributed by atoms with Crippen molar-refractivity contribution in [3.8, 4) is 5.88 Å². The summed E-state index contributed by atoms with van der Waals surface area (Å²) < 4.78 is 5.00. The van der Waals surface area contributed by atoms with E-state index in [0.717, 1.165) is 17.5 Å². The number of ether oxygens (including phenoxy) is 1. The molecule has 1 atom stereocenters. The highest BCUT2D eigenvalue weighted by molar-refractivity contribution is 6.30. The van der Waals surface area contributed by atoms with Gasteiger partial charge >= 0.3 is 6.03 Å². The smallest absolute Gasteiger partial charge is 0.315 e. The summed E-state index contributed by atoms with van der Waals surface area (Å²) in [5.41, 5.74) is 1.93. The molecule has 0 aliphatic rings. The van der Waals surface area contributed by atoms with E-state index in [1.807, 2.05) is 37.3 Å². The highest BCUT2D eigenvalue weighted by Crippen LogP contribution is 2.19. The molecule has 6 heteroatoms. The normalized spacial score (nSPS) is 11.6. The fourth-order valence-corrected chi connectivity index (χ4v) is 2.27. The van der Waals surface area contributed by atoms with E-state index in [1.54, 1.807) is 19.4 Å². The molecule has 2 rings (SSSR count). The third-order valence-electron chi connectivity index (χ3n) is 3.45. The molecule has 0 aliphatic carbocycles. The van der Waals surface area contributed by atoms with Crippen LogP contribution in [0.15, 0.2) is 42.6 Å². The van der Waals surface area contributed by atoms with Gasteiger partial charge in [0.2, 0.25) is 5.88 Å². The van der Waals surface area contributed by atoms with Gasteiger partial charge in [-0.25, -0.2) is 9.78 Å². The summed E-state index contributed by atoms with van der Waals surface area (Å²) in [5.74, 6) is 0.548. The Kier molecular flexibility index (Phi) is 6.23. The van der Waals surface area contributed by atoms with Gasteiger partial charge in [-0.1, -0.05) is 36.7 Å². The van der Waals surface area contributed by atoms with Gasteiger partial charge < -0.3 is 15.4 Å². The van der Waals surface area contributed by atoms with Crippen LogP contribution in [0.25, 0.3) is 0 Å². The summed E-state index contributed by atoms with van der Waals surface area (Å²) in [6.45, 7) is 2.42. The molecule has 1 unspecified atom stereocenters. The number of halogens is 1. The van der Waals surface area contributed by atoms with Crippen molar-refractivity contribution in [2.24, 2.45) is 0 Å². The molecule has 122 valence electrons. The van der Waals surface area contributed by atoms with Gasteiger partial charge in [-0.05, 0) is 29.7 Å². The maximum Gasteiger partial charge on any atom is 0.315 e. The van der Waals surface area contributed by atoms with Crippen LogP contribution in [0.1, 0.15) is 30.5 Å². The van der Waals surface area contributed by atoms with Gasteiger partial charge in [-0.3, -0.25) is 0 Å². The maximum atomic E-state index is 12.1. The van der Waals surface area contributed by atoms with E-state index in [-0.39, 0.29) is 12.1 Å². The molecule has 0 saturated carbocycles. The zero-order valence-electron chi connectivity index (χ0n) is 13.2. The number of aromatic nitrogens is 1. The van der Waals surface area contributed by atoms with Crippen LogP contribution in [-0.4, -0.2) is 18.1 Å². The number of carbonyl (C=O) groups excluding carboxylic acids is 1. The van der Waals surface area contributed by atoms with Crippen LogP contribution in [0.4, 0.5) is 4.79 Å². The molecule has 2 N–H and O–H groups in total. The monoisotopic (exact) mass is 333 g/mol. The fourth-order valence-electron chi connectivity index (χ4n) is 2.14. The lowest BCUT2D eigenvalue weighted by Crippen LogP contribution is -2.37. The number of pyridine rings is 1. The molecule has 0 spiro atoms. The van der Waals surface area contributed by atoms with Crippen molar-refractivity contribution >= 4 is 17.6 Å². The van der Waals surface area contributed by atoms with Crippen molar-refractivity contribution in [1.29, 1.82) is 0 Å². The number of amides is 2. The molecule has 2 aromatic rings. The van der Waals surface area contributed by atoms with Gasteiger partial charge in [0.05, 0.1) is 13.2 Å². The van der Waals surface area contributed by atoms with Crippen molar-refractivity contribution in [3.63, 3.8) is 0 Å². The third-order valence-corrected chi connectivity index (χ3v) is 3.70. The van der Waals surface area contributed by atoms with E-state index in [1.165, 1.54) is 0 Å². The first-order valence-electron chi connectivity index (χ1n) is 7.41. The van der Waals surface area contributed by atoms with Crippen LogP contribution in [0.2, 0.25) is 5.02 Å². The fraction of sp³-hybridized carbons (Fsp3) is 0.294. The Hall–Kier alpha value is -2.27. The van der Waals surface area contributed by atoms with Crippen LogP contribution >= 0.6 is 11.6 Å². The molecule has 0 fully saturated rings. The van der Waals surface area contributed by atoms with E-state index < -0.39 is 0 Å². The second-order valence-electron chi connectivity index (χ2n) is 5.05. The van der Waals surface area contributed by atoms with E-state index in [2.05, 4.69) is 15.6 Å². The molecule has 0 radical (unpaired) electrons. The zero-order valence-corrected chi connectivity index (χ0v) is 13.9. The number of nitrogens with zero attached hydrogens (tertiary/aromatic N) is 1. The van der Waals surface area contributed by atoms with E-state index in [9.17, 15) is 4.79 Å². The summed E-state index contributed by atoms with van der Waals surface area (Å²) in [7, 11) is 1.56. The van der Waals surface area contributed by atoms with Crippen LogP contribution < -0.4 is 15.4 Å². The zero-order chi connectivity index (χ0) is 16.7. The minimum absolute atomic E-state index is 0.0544. The average Bonchev–Trinajstić information content (AvgIpc) is 2.59. The minimum Gasteiger partial charge on any atom is -0.481 e. The Morgan fingerprint density at radius 2 is 2.00 bits per heavy atom. The number of hydrogen-bond donors (Lipinski definition) is 2. The summed E-state index contributed by atoms with van der Waals surface area (Å²) in [4.78, 5) is 16.2. The van der Waals surface area contributed by atoms with E-state index >= 15 is 0 Å². The van der Waals surface area contributed by atoms with Crippen molar-refractivity contribution in [2.45, 2.75) is 25.9 Å². The molecule has 1 aromatic carbocycles.